The van der Waals surface area contributed by atoms with Gasteiger partial charge in [-0.3, -0.25) is 14.3 Å². The second-order valence-corrected chi connectivity index (χ2v) is 5.78. The first-order valence-electron chi connectivity index (χ1n) is 7.68. The van der Waals surface area contributed by atoms with E-state index in [-0.39, 0.29) is 24.2 Å². The predicted molar refractivity (Wildman–Crippen MR) is 92.8 cm³/mol. The molecule has 0 unspecified atom stereocenters. The molecule has 0 fully saturated rings. The summed E-state index contributed by atoms with van der Waals surface area (Å²) in [5.74, 6) is -0.547. The Kier molecular flexibility index (Phi) is 4.47. The Hall–Kier alpha value is -3.22. The summed E-state index contributed by atoms with van der Waals surface area (Å²) in [6.45, 7) is 0.0857. The van der Waals surface area contributed by atoms with Crippen molar-refractivity contribution in [2.75, 3.05) is 19.4 Å². The van der Waals surface area contributed by atoms with Gasteiger partial charge in [0.25, 0.3) is 5.91 Å². The van der Waals surface area contributed by atoms with E-state index in [4.69, 9.17) is 0 Å². The maximum Gasteiger partial charge on any atom is 0.257 e. The van der Waals surface area contributed by atoms with Gasteiger partial charge in [0.05, 0.1) is 0 Å². The van der Waals surface area contributed by atoms with Crippen LogP contribution in [0.4, 0.5) is 10.2 Å². The van der Waals surface area contributed by atoms with Crippen LogP contribution in [0.5, 0.6) is 0 Å². The second-order valence-electron chi connectivity index (χ2n) is 5.78. The Bertz CT molecular complexity index is 949. The van der Waals surface area contributed by atoms with Crippen molar-refractivity contribution in [3.8, 4) is 0 Å². The van der Waals surface area contributed by atoms with E-state index in [2.05, 4.69) is 10.4 Å². The van der Waals surface area contributed by atoms with E-state index < -0.39 is 0 Å². The maximum absolute atomic E-state index is 13.9. The highest BCUT2D eigenvalue weighted by atomic mass is 19.1. The van der Waals surface area contributed by atoms with Gasteiger partial charge in [-0.15, -0.1) is 0 Å². The van der Waals surface area contributed by atoms with Gasteiger partial charge >= 0.3 is 0 Å². The average Bonchev–Trinajstić information content (AvgIpc) is 3.02. The molecule has 0 aliphatic rings. The van der Waals surface area contributed by atoms with E-state index in [1.165, 1.54) is 21.7 Å². The van der Waals surface area contributed by atoms with Crippen LogP contribution < -0.4 is 5.32 Å². The molecule has 0 aliphatic carbocycles. The third kappa shape index (κ3) is 3.50. The summed E-state index contributed by atoms with van der Waals surface area (Å²) < 4.78 is 15.3. The zero-order valence-corrected chi connectivity index (χ0v) is 13.9. The first-order valence-corrected chi connectivity index (χ1v) is 7.68. The molecule has 2 amide bonds. The SMILES string of the molecule is CN(C)C(=O)Cn1ccc(NC(=O)c2ccc(F)c3ccccc23)n1. The van der Waals surface area contributed by atoms with Crippen LogP contribution in [-0.2, 0) is 11.3 Å². The monoisotopic (exact) mass is 340 g/mol. The molecule has 6 nitrogen and oxygen atoms in total. The van der Waals surface area contributed by atoms with Crippen molar-refractivity contribution in [1.82, 2.24) is 14.7 Å². The van der Waals surface area contributed by atoms with E-state index in [0.717, 1.165) is 0 Å². The minimum absolute atomic E-state index is 0.0857. The van der Waals surface area contributed by atoms with E-state index >= 15 is 0 Å². The Morgan fingerprint density at radius 3 is 2.56 bits per heavy atom. The fourth-order valence-electron chi connectivity index (χ4n) is 2.44. The predicted octanol–water partition coefficient (Wildman–Crippen LogP) is 2.52. The fraction of sp³-hybridized carbons (Fsp3) is 0.167. The number of amides is 2. The highest BCUT2D eigenvalue weighted by Crippen LogP contribution is 2.22. The molecule has 0 radical (unpaired) electrons. The molecule has 7 heteroatoms. The summed E-state index contributed by atoms with van der Waals surface area (Å²) in [5, 5.41) is 7.75. The molecular formula is C18H17FN4O2. The average molecular weight is 340 g/mol. The van der Waals surface area contributed by atoms with Gasteiger partial charge < -0.3 is 10.2 Å². The first-order chi connectivity index (χ1) is 12.0. The normalized spacial score (nSPS) is 10.7. The van der Waals surface area contributed by atoms with E-state index in [0.29, 0.717) is 22.2 Å². The van der Waals surface area contributed by atoms with Gasteiger partial charge in [0.1, 0.15) is 12.4 Å². The van der Waals surface area contributed by atoms with Crippen LogP contribution in [-0.4, -0.2) is 40.6 Å². The van der Waals surface area contributed by atoms with E-state index in [9.17, 15) is 14.0 Å². The molecule has 0 spiro atoms. The van der Waals surface area contributed by atoms with E-state index in [1.54, 1.807) is 50.6 Å². The lowest BCUT2D eigenvalue weighted by Crippen LogP contribution is -2.26. The molecule has 0 aliphatic heterocycles. The van der Waals surface area contributed by atoms with Gasteiger partial charge in [-0.2, -0.15) is 5.10 Å². The number of carbonyl (C=O) groups is 2. The third-order valence-corrected chi connectivity index (χ3v) is 3.79. The van der Waals surface area contributed by atoms with Gasteiger partial charge in [-0.05, 0) is 17.5 Å². The number of benzene rings is 2. The van der Waals surface area contributed by atoms with Gasteiger partial charge in [-0.1, -0.05) is 24.3 Å². The lowest BCUT2D eigenvalue weighted by atomic mass is 10.0. The summed E-state index contributed by atoms with van der Waals surface area (Å²) in [6, 6.07) is 11.1. The van der Waals surface area contributed by atoms with Crippen LogP contribution in [0, 0.1) is 5.82 Å². The molecular weight excluding hydrogens is 323 g/mol. The standard InChI is InChI=1S/C18H17FN4O2/c1-22(2)17(24)11-23-10-9-16(21-23)20-18(25)14-7-8-15(19)13-6-4-3-5-12(13)14/h3-10H,11H2,1-2H3,(H,20,21,25). The zero-order valence-electron chi connectivity index (χ0n) is 13.9. The molecule has 0 atom stereocenters. The van der Waals surface area contributed by atoms with Crippen LogP contribution in [0.3, 0.4) is 0 Å². The molecule has 1 N–H and O–H groups in total. The minimum atomic E-state index is -0.389. The molecule has 0 saturated heterocycles. The van der Waals surface area contributed by atoms with Crippen molar-refractivity contribution in [1.29, 1.82) is 0 Å². The summed E-state index contributed by atoms with van der Waals surface area (Å²) in [7, 11) is 3.32. The number of anilines is 1. The molecule has 128 valence electrons. The molecule has 2 aromatic carbocycles. The van der Waals surface area contributed by atoms with Crippen molar-refractivity contribution in [3.63, 3.8) is 0 Å². The van der Waals surface area contributed by atoms with Crippen molar-refractivity contribution >= 4 is 28.4 Å². The molecule has 1 heterocycles. The lowest BCUT2D eigenvalue weighted by molar-refractivity contribution is -0.129. The van der Waals surface area contributed by atoms with Crippen LogP contribution in [0.25, 0.3) is 10.8 Å². The van der Waals surface area contributed by atoms with Gasteiger partial charge in [-0.25, -0.2) is 4.39 Å². The van der Waals surface area contributed by atoms with Crippen LogP contribution in [0.1, 0.15) is 10.4 Å². The van der Waals surface area contributed by atoms with Gasteiger partial charge in [0.15, 0.2) is 5.82 Å². The fourth-order valence-corrected chi connectivity index (χ4v) is 2.44. The third-order valence-electron chi connectivity index (χ3n) is 3.79. The van der Waals surface area contributed by atoms with Gasteiger partial charge in [0, 0.05) is 37.3 Å². The van der Waals surface area contributed by atoms with Crippen LogP contribution in [0.15, 0.2) is 48.7 Å². The number of rotatable bonds is 4. The number of carbonyl (C=O) groups excluding carboxylic acids is 2. The van der Waals surface area contributed by atoms with Crippen LogP contribution >= 0.6 is 0 Å². The summed E-state index contributed by atoms with van der Waals surface area (Å²) in [6.07, 6.45) is 1.61. The molecule has 3 aromatic rings. The first kappa shape index (κ1) is 16.6. The summed E-state index contributed by atoms with van der Waals surface area (Å²) in [5.41, 5.74) is 0.357. The number of nitrogens with one attached hydrogen (secondary N) is 1. The maximum atomic E-state index is 13.9. The molecule has 1 aromatic heterocycles. The largest absolute Gasteiger partial charge is 0.347 e. The number of hydrogen-bond acceptors (Lipinski definition) is 3. The summed E-state index contributed by atoms with van der Waals surface area (Å²) in [4.78, 5) is 25.7. The lowest BCUT2D eigenvalue weighted by Gasteiger charge is -2.09. The van der Waals surface area contributed by atoms with Crippen molar-refractivity contribution in [2.24, 2.45) is 0 Å². The van der Waals surface area contributed by atoms with Crippen LogP contribution in [0.2, 0.25) is 0 Å². The molecule has 25 heavy (non-hydrogen) atoms. The molecule has 0 saturated carbocycles. The number of nitrogens with zero attached hydrogens (tertiary/aromatic N) is 3. The number of fused-ring (bicyclic) bond motifs is 1. The quantitative estimate of drug-likeness (QED) is 0.793. The Morgan fingerprint density at radius 1 is 1.12 bits per heavy atom. The Labute approximate surface area is 143 Å². The number of hydrogen-bond donors (Lipinski definition) is 1. The topological polar surface area (TPSA) is 67.2 Å². The highest BCUT2D eigenvalue weighted by Gasteiger charge is 2.14. The Morgan fingerprint density at radius 2 is 1.84 bits per heavy atom. The second kappa shape index (κ2) is 6.72. The highest BCUT2D eigenvalue weighted by molar-refractivity contribution is 6.12. The molecule has 3 rings (SSSR count). The number of likely N-dealkylation sites (N-methyl/N-ethyl adjacent to an activating group) is 1. The van der Waals surface area contributed by atoms with Gasteiger partial charge in [0.2, 0.25) is 5.91 Å². The number of aromatic nitrogens is 2. The van der Waals surface area contributed by atoms with Crippen molar-refractivity contribution in [3.05, 3.63) is 60.0 Å². The molecule has 0 bridgehead atoms. The zero-order chi connectivity index (χ0) is 18.0. The smallest absolute Gasteiger partial charge is 0.257 e. The van der Waals surface area contributed by atoms with Crippen molar-refractivity contribution in [2.45, 2.75) is 6.54 Å². The van der Waals surface area contributed by atoms with Crippen molar-refractivity contribution < 1.29 is 14.0 Å². The Balaban J connectivity index is 1.81. The van der Waals surface area contributed by atoms with E-state index in [1.807, 2.05) is 0 Å². The number of halogens is 1. The minimum Gasteiger partial charge on any atom is -0.347 e. The summed E-state index contributed by atoms with van der Waals surface area (Å²) >= 11 is 0.